The van der Waals surface area contributed by atoms with Gasteiger partial charge in [-0.25, -0.2) is 0 Å². The van der Waals surface area contributed by atoms with Gasteiger partial charge >= 0.3 is 0 Å². The highest BCUT2D eigenvalue weighted by Crippen LogP contribution is 2.36. The van der Waals surface area contributed by atoms with Crippen LogP contribution in [0.15, 0.2) is 41.4 Å². The van der Waals surface area contributed by atoms with Crippen molar-refractivity contribution in [1.29, 1.82) is 5.26 Å². The van der Waals surface area contributed by atoms with E-state index in [1.54, 1.807) is 0 Å². The van der Waals surface area contributed by atoms with Crippen LogP contribution in [-0.2, 0) is 4.79 Å². The quantitative estimate of drug-likeness (QED) is 0.822. The standard InChI is InChI=1S/C22H22N4O/c1-14-12-17-19(16-6-4-3-5-7-16)26-22(8-10-24-11-9-22)21(27)25-20(17)18(13-23)15(14)2/h3-7,12,24H,8-11H2,1-2H3,(H,25,27). The number of hydrogen-bond donors (Lipinski definition) is 2. The number of nitriles is 1. The van der Waals surface area contributed by atoms with Crippen molar-refractivity contribution in [2.75, 3.05) is 18.4 Å². The molecule has 4 rings (SSSR count). The van der Waals surface area contributed by atoms with E-state index in [2.05, 4.69) is 16.7 Å². The van der Waals surface area contributed by atoms with E-state index in [0.29, 0.717) is 24.1 Å². The number of anilines is 1. The summed E-state index contributed by atoms with van der Waals surface area (Å²) in [7, 11) is 0. The highest BCUT2D eigenvalue weighted by atomic mass is 16.2. The van der Waals surface area contributed by atoms with Crippen molar-refractivity contribution in [3.63, 3.8) is 0 Å². The maximum Gasteiger partial charge on any atom is 0.252 e. The summed E-state index contributed by atoms with van der Waals surface area (Å²) < 4.78 is 0. The molecule has 0 unspecified atom stereocenters. The third-order valence-electron chi connectivity index (χ3n) is 5.68. The van der Waals surface area contributed by atoms with Gasteiger partial charge in [-0.3, -0.25) is 9.79 Å². The summed E-state index contributed by atoms with van der Waals surface area (Å²) in [5.41, 5.74) is 4.78. The second kappa shape index (κ2) is 6.64. The molecule has 136 valence electrons. The van der Waals surface area contributed by atoms with Gasteiger partial charge in [0.2, 0.25) is 0 Å². The average Bonchev–Trinajstić information content (AvgIpc) is 2.80. The summed E-state index contributed by atoms with van der Waals surface area (Å²) in [4.78, 5) is 18.3. The van der Waals surface area contributed by atoms with Crippen molar-refractivity contribution in [3.05, 3.63) is 64.2 Å². The number of aryl methyl sites for hydroxylation is 1. The monoisotopic (exact) mass is 358 g/mol. The molecule has 27 heavy (non-hydrogen) atoms. The van der Waals surface area contributed by atoms with Gasteiger partial charge in [-0.1, -0.05) is 30.3 Å². The van der Waals surface area contributed by atoms with Crippen molar-refractivity contribution in [2.45, 2.75) is 32.2 Å². The fourth-order valence-corrected chi connectivity index (χ4v) is 3.92. The molecule has 1 saturated heterocycles. The molecule has 1 amide bonds. The Hall–Kier alpha value is -2.97. The number of amides is 1. The molecule has 2 aliphatic rings. The number of carbonyl (C=O) groups excluding carboxylic acids is 1. The van der Waals surface area contributed by atoms with Gasteiger partial charge in [0.1, 0.15) is 11.6 Å². The summed E-state index contributed by atoms with van der Waals surface area (Å²) in [6.07, 6.45) is 1.28. The number of nitrogens with one attached hydrogen (secondary N) is 2. The van der Waals surface area contributed by atoms with Gasteiger partial charge in [0.15, 0.2) is 0 Å². The summed E-state index contributed by atoms with van der Waals surface area (Å²) >= 11 is 0. The van der Waals surface area contributed by atoms with Gasteiger partial charge in [-0.2, -0.15) is 5.26 Å². The second-order valence-electron chi connectivity index (χ2n) is 7.29. The molecule has 0 bridgehead atoms. The van der Waals surface area contributed by atoms with Gasteiger partial charge in [-0.15, -0.1) is 0 Å². The van der Waals surface area contributed by atoms with E-state index < -0.39 is 5.54 Å². The van der Waals surface area contributed by atoms with Crippen LogP contribution in [0.2, 0.25) is 0 Å². The minimum Gasteiger partial charge on any atom is -0.322 e. The molecule has 2 aliphatic heterocycles. The number of fused-ring (bicyclic) bond motifs is 1. The molecule has 2 aromatic rings. The Balaban J connectivity index is 2.03. The van der Waals surface area contributed by atoms with E-state index in [1.807, 2.05) is 50.2 Å². The molecule has 0 aliphatic carbocycles. The third-order valence-corrected chi connectivity index (χ3v) is 5.68. The van der Waals surface area contributed by atoms with E-state index in [0.717, 1.165) is 41.1 Å². The van der Waals surface area contributed by atoms with Crippen molar-refractivity contribution < 1.29 is 4.79 Å². The molecule has 5 nitrogen and oxygen atoms in total. The Morgan fingerprint density at radius 1 is 1.15 bits per heavy atom. The summed E-state index contributed by atoms with van der Waals surface area (Å²) in [6.45, 7) is 5.41. The number of hydrogen-bond acceptors (Lipinski definition) is 4. The molecule has 2 N–H and O–H groups in total. The zero-order valence-electron chi connectivity index (χ0n) is 15.6. The van der Waals surface area contributed by atoms with E-state index in [-0.39, 0.29) is 5.91 Å². The van der Waals surface area contributed by atoms with Crippen molar-refractivity contribution in [2.24, 2.45) is 4.99 Å². The maximum atomic E-state index is 13.2. The molecule has 0 aromatic heterocycles. The lowest BCUT2D eigenvalue weighted by molar-refractivity contribution is -0.121. The van der Waals surface area contributed by atoms with Crippen LogP contribution in [0.5, 0.6) is 0 Å². The van der Waals surface area contributed by atoms with Crippen molar-refractivity contribution in [3.8, 4) is 6.07 Å². The molecule has 0 atom stereocenters. The lowest BCUT2D eigenvalue weighted by atomic mass is 9.87. The van der Waals surface area contributed by atoms with Crippen LogP contribution in [0.4, 0.5) is 5.69 Å². The summed E-state index contributed by atoms with van der Waals surface area (Å²) in [5, 5.41) is 16.2. The highest BCUT2D eigenvalue weighted by Gasteiger charge is 2.42. The van der Waals surface area contributed by atoms with E-state index >= 15 is 0 Å². The Bertz CT molecular complexity index is 980. The van der Waals surface area contributed by atoms with Crippen LogP contribution in [0, 0.1) is 25.2 Å². The number of nitrogens with zero attached hydrogens (tertiary/aromatic N) is 2. The van der Waals surface area contributed by atoms with Crippen LogP contribution in [0.3, 0.4) is 0 Å². The predicted molar refractivity (Wildman–Crippen MR) is 106 cm³/mol. The fraction of sp³-hybridized carbons (Fsp3) is 0.318. The van der Waals surface area contributed by atoms with Gasteiger partial charge in [-0.05, 0) is 57.0 Å². The number of benzene rings is 2. The second-order valence-corrected chi connectivity index (χ2v) is 7.29. The molecule has 1 spiro atoms. The number of carbonyl (C=O) groups is 1. The van der Waals surface area contributed by atoms with Gasteiger partial charge in [0.05, 0.1) is 17.0 Å². The molecule has 1 fully saturated rings. The average molecular weight is 358 g/mol. The molecule has 0 radical (unpaired) electrons. The van der Waals surface area contributed by atoms with E-state index in [9.17, 15) is 10.1 Å². The molecular weight excluding hydrogens is 336 g/mol. The first-order valence-electron chi connectivity index (χ1n) is 9.28. The van der Waals surface area contributed by atoms with E-state index in [1.165, 1.54) is 0 Å². The minimum atomic E-state index is -0.802. The predicted octanol–water partition coefficient (Wildman–Crippen LogP) is 3.09. The molecule has 0 saturated carbocycles. The van der Waals surface area contributed by atoms with Crippen LogP contribution in [0.1, 0.15) is 40.7 Å². The topological polar surface area (TPSA) is 77.3 Å². The van der Waals surface area contributed by atoms with Gasteiger partial charge < -0.3 is 10.6 Å². The third kappa shape index (κ3) is 2.83. The molecular formula is C22H22N4O. The summed E-state index contributed by atoms with van der Waals surface area (Å²) in [6, 6.07) is 14.3. The highest BCUT2D eigenvalue weighted by molar-refractivity contribution is 6.21. The maximum absolute atomic E-state index is 13.2. The zero-order chi connectivity index (χ0) is 19.0. The van der Waals surface area contributed by atoms with Crippen molar-refractivity contribution in [1.82, 2.24) is 5.32 Å². The Kier molecular flexibility index (Phi) is 4.29. The van der Waals surface area contributed by atoms with E-state index in [4.69, 9.17) is 4.99 Å². The lowest BCUT2D eigenvalue weighted by Crippen LogP contribution is -2.49. The smallest absolute Gasteiger partial charge is 0.252 e. The Morgan fingerprint density at radius 2 is 1.85 bits per heavy atom. The first kappa shape index (κ1) is 17.4. The fourth-order valence-electron chi connectivity index (χ4n) is 3.92. The summed E-state index contributed by atoms with van der Waals surface area (Å²) in [5.74, 6) is -0.115. The van der Waals surface area contributed by atoms with Crippen LogP contribution >= 0.6 is 0 Å². The Morgan fingerprint density at radius 3 is 2.52 bits per heavy atom. The molecule has 2 heterocycles. The number of piperidine rings is 1. The Labute approximate surface area is 159 Å². The zero-order valence-corrected chi connectivity index (χ0v) is 15.6. The first-order chi connectivity index (χ1) is 13.1. The molecule has 5 heteroatoms. The minimum absolute atomic E-state index is 0.115. The lowest BCUT2D eigenvalue weighted by Gasteiger charge is -2.32. The van der Waals surface area contributed by atoms with Crippen LogP contribution < -0.4 is 10.6 Å². The van der Waals surface area contributed by atoms with Crippen LogP contribution in [0.25, 0.3) is 0 Å². The molecule has 2 aromatic carbocycles. The largest absolute Gasteiger partial charge is 0.322 e. The van der Waals surface area contributed by atoms with Crippen LogP contribution in [-0.4, -0.2) is 30.2 Å². The van der Waals surface area contributed by atoms with Crippen molar-refractivity contribution >= 4 is 17.3 Å². The van der Waals surface area contributed by atoms with Gasteiger partial charge in [0, 0.05) is 11.1 Å². The number of aliphatic imine (C=N–C) groups is 1. The SMILES string of the molecule is Cc1cc2c(c(C#N)c1C)NC(=O)C1(CCNCC1)N=C2c1ccccc1. The number of rotatable bonds is 1. The normalized spacial score (nSPS) is 18.1. The first-order valence-corrected chi connectivity index (χ1v) is 9.28. The van der Waals surface area contributed by atoms with Gasteiger partial charge in [0.25, 0.3) is 5.91 Å².